The third kappa shape index (κ3) is 4.44. The summed E-state index contributed by atoms with van der Waals surface area (Å²) < 4.78 is 0. The molecule has 67 valence electrons. The van der Waals surface area contributed by atoms with E-state index in [9.17, 15) is 0 Å². The monoisotopic (exact) mass is 155 g/mol. The van der Waals surface area contributed by atoms with Crippen LogP contribution in [0.4, 0.5) is 0 Å². The first-order chi connectivity index (χ1) is 4.83. The largest absolute Gasteiger partial charge is 0.0649 e. The average Bonchev–Trinajstić information content (AvgIpc) is 1.86. The smallest absolute Gasteiger partial charge is 0.0273 e. The lowest BCUT2D eigenvalue weighted by atomic mass is 9.72. The van der Waals surface area contributed by atoms with E-state index < -0.39 is 0 Å². The van der Waals surface area contributed by atoms with Crippen LogP contribution in [-0.4, -0.2) is 0 Å². The fraction of sp³-hybridized carbons (Fsp3) is 0.909. The van der Waals surface area contributed by atoms with E-state index in [1.54, 1.807) is 0 Å². The fourth-order valence-corrected chi connectivity index (χ4v) is 1.26. The van der Waals surface area contributed by atoms with Crippen molar-refractivity contribution in [3.05, 3.63) is 6.42 Å². The van der Waals surface area contributed by atoms with Gasteiger partial charge in [0.05, 0.1) is 0 Å². The first kappa shape index (κ1) is 11.0. The highest BCUT2D eigenvalue weighted by Crippen LogP contribution is 2.36. The van der Waals surface area contributed by atoms with Crippen LogP contribution in [0.15, 0.2) is 0 Å². The second-order valence-electron chi connectivity index (χ2n) is 4.83. The molecule has 0 aromatic carbocycles. The van der Waals surface area contributed by atoms with Crippen molar-refractivity contribution in [3.8, 4) is 0 Å². The second kappa shape index (κ2) is 3.60. The van der Waals surface area contributed by atoms with Crippen LogP contribution >= 0.6 is 0 Å². The van der Waals surface area contributed by atoms with Crippen molar-refractivity contribution in [3.63, 3.8) is 0 Å². The molecule has 0 spiro atoms. The molecule has 0 heteroatoms. The predicted molar refractivity (Wildman–Crippen MR) is 52.4 cm³/mol. The highest BCUT2D eigenvalue weighted by atomic mass is 14.3. The van der Waals surface area contributed by atoms with Crippen LogP contribution < -0.4 is 0 Å². The van der Waals surface area contributed by atoms with Crippen LogP contribution in [0.1, 0.15) is 54.4 Å². The summed E-state index contributed by atoms with van der Waals surface area (Å²) in [5.74, 6) is 0. The molecule has 0 aliphatic heterocycles. The highest BCUT2D eigenvalue weighted by Gasteiger charge is 2.25. The number of hydrogen-bond donors (Lipinski definition) is 0. The summed E-state index contributed by atoms with van der Waals surface area (Å²) in [5, 5.41) is 0. The van der Waals surface area contributed by atoms with Crippen LogP contribution in [0.3, 0.4) is 0 Å². The molecular weight excluding hydrogens is 132 g/mol. The van der Waals surface area contributed by atoms with Gasteiger partial charge < -0.3 is 0 Å². The zero-order valence-corrected chi connectivity index (χ0v) is 8.99. The van der Waals surface area contributed by atoms with Gasteiger partial charge in [0, 0.05) is 0 Å². The van der Waals surface area contributed by atoms with Gasteiger partial charge in [0.1, 0.15) is 0 Å². The summed E-state index contributed by atoms with van der Waals surface area (Å²) in [6.45, 7) is 13.7. The van der Waals surface area contributed by atoms with Crippen LogP contribution in [0.2, 0.25) is 0 Å². The summed E-state index contributed by atoms with van der Waals surface area (Å²) in [6.07, 6.45) is 4.95. The Morgan fingerprint density at radius 1 is 0.818 bits per heavy atom. The molecule has 0 aliphatic rings. The van der Waals surface area contributed by atoms with Crippen molar-refractivity contribution in [1.29, 1.82) is 0 Å². The molecule has 0 heterocycles. The lowest BCUT2D eigenvalue weighted by Crippen LogP contribution is -2.22. The molecule has 0 nitrogen and oxygen atoms in total. The lowest BCUT2D eigenvalue weighted by molar-refractivity contribution is 0.289. The van der Waals surface area contributed by atoms with Crippen LogP contribution in [0.5, 0.6) is 0 Å². The van der Waals surface area contributed by atoms with Crippen molar-refractivity contribution in [2.24, 2.45) is 10.8 Å². The minimum Gasteiger partial charge on any atom is -0.0649 e. The molecule has 0 aromatic rings. The Balaban J connectivity index is 4.02. The highest BCUT2D eigenvalue weighted by molar-refractivity contribution is 4.94. The quantitative estimate of drug-likeness (QED) is 0.574. The molecule has 0 saturated carbocycles. The first-order valence-electron chi connectivity index (χ1n) is 4.70. The van der Waals surface area contributed by atoms with Crippen molar-refractivity contribution in [1.82, 2.24) is 0 Å². The van der Waals surface area contributed by atoms with E-state index in [0.29, 0.717) is 10.8 Å². The number of rotatable bonds is 4. The van der Waals surface area contributed by atoms with Crippen molar-refractivity contribution >= 4 is 0 Å². The fourth-order valence-electron chi connectivity index (χ4n) is 1.26. The van der Waals surface area contributed by atoms with Crippen molar-refractivity contribution < 1.29 is 0 Å². The van der Waals surface area contributed by atoms with E-state index >= 15 is 0 Å². The molecule has 0 N–H and O–H groups in total. The van der Waals surface area contributed by atoms with E-state index in [1.807, 2.05) is 0 Å². The molecule has 0 rings (SSSR count). The summed E-state index contributed by atoms with van der Waals surface area (Å²) in [4.78, 5) is 0. The second-order valence-corrected chi connectivity index (χ2v) is 4.83. The third-order valence-electron chi connectivity index (χ3n) is 2.60. The van der Waals surface area contributed by atoms with E-state index in [2.05, 4.69) is 48.0 Å². The normalized spacial score (nSPS) is 13.6. The molecular formula is C11H23. The summed E-state index contributed by atoms with van der Waals surface area (Å²) in [7, 11) is 0. The van der Waals surface area contributed by atoms with Gasteiger partial charge in [-0.2, -0.15) is 0 Å². The molecule has 0 aliphatic carbocycles. The maximum atomic E-state index is 2.49. The maximum Gasteiger partial charge on any atom is -0.0273 e. The molecule has 11 heavy (non-hydrogen) atoms. The Morgan fingerprint density at radius 2 is 1.09 bits per heavy atom. The maximum absolute atomic E-state index is 2.49. The van der Waals surface area contributed by atoms with E-state index in [4.69, 9.17) is 0 Å². The van der Waals surface area contributed by atoms with Gasteiger partial charge in [-0.25, -0.2) is 0 Å². The van der Waals surface area contributed by atoms with Gasteiger partial charge in [-0.05, 0) is 17.3 Å². The molecule has 0 fully saturated rings. The molecule has 1 radical (unpaired) electrons. The van der Waals surface area contributed by atoms with Crippen LogP contribution in [-0.2, 0) is 0 Å². The summed E-state index contributed by atoms with van der Waals surface area (Å²) in [6, 6.07) is 0. The molecule has 0 bridgehead atoms. The number of hydrogen-bond acceptors (Lipinski definition) is 0. The van der Waals surface area contributed by atoms with E-state index in [1.165, 1.54) is 12.8 Å². The molecule has 0 amide bonds. The topological polar surface area (TPSA) is 0 Å². The summed E-state index contributed by atoms with van der Waals surface area (Å²) >= 11 is 0. The van der Waals surface area contributed by atoms with Crippen molar-refractivity contribution in [2.45, 2.75) is 54.4 Å². The molecule has 0 aromatic heterocycles. The average molecular weight is 155 g/mol. The summed E-state index contributed by atoms with van der Waals surface area (Å²) in [5.41, 5.74) is 0.805. The predicted octanol–water partition coefficient (Wildman–Crippen LogP) is 4.06. The third-order valence-corrected chi connectivity index (χ3v) is 2.60. The van der Waals surface area contributed by atoms with Gasteiger partial charge in [-0.15, -0.1) is 0 Å². The Morgan fingerprint density at radius 3 is 1.27 bits per heavy atom. The van der Waals surface area contributed by atoms with E-state index in [0.717, 1.165) is 0 Å². The Bertz CT molecular complexity index is 95.2. The Labute approximate surface area is 72.4 Å². The van der Waals surface area contributed by atoms with Gasteiger partial charge in [0.25, 0.3) is 0 Å². The van der Waals surface area contributed by atoms with Crippen molar-refractivity contribution in [2.75, 3.05) is 0 Å². The molecule has 0 saturated heterocycles. The lowest BCUT2D eigenvalue weighted by Gasteiger charge is -2.33. The van der Waals surface area contributed by atoms with Gasteiger partial charge in [-0.3, -0.25) is 0 Å². The standard InChI is InChI=1S/C11H23/c1-7-10(3,4)9-11(5,6)8-2/h9H,7-8H2,1-6H3. The van der Waals surface area contributed by atoms with Crippen LogP contribution in [0, 0.1) is 17.3 Å². The zero-order chi connectivity index (χ0) is 9.12. The Hall–Kier alpha value is 0. The van der Waals surface area contributed by atoms with Gasteiger partial charge in [0.15, 0.2) is 0 Å². The first-order valence-corrected chi connectivity index (χ1v) is 4.70. The zero-order valence-electron chi connectivity index (χ0n) is 8.99. The molecule has 0 atom stereocenters. The van der Waals surface area contributed by atoms with E-state index in [-0.39, 0.29) is 0 Å². The van der Waals surface area contributed by atoms with Gasteiger partial charge in [-0.1, -0.05) is 54.4 Å². The SMILES string of the molecule is CCC(C)(C)[CH]C(C)(C)CC. The molecule has 0 unspecified atom stereocenters. The minimum atomic E-state index is 0.402. The van der Waals surface area contributed by atoms with Gasteiger partial charge in [0.2, 0.25) is 0 Å². The minimum absolute atomic E-state index is 0.402. The Kier molecular flexibility index (Phi) is 3.60. The van der Waals surface area contributed by atoms with Gasteiger partial charge >= 0.3 is 0 Å². The van der Waals surface area contributed by atoms with Crippen LogP contribution in [0.25, 0.3) is 0 Å².